The Kier molecular flexibility index (Phi) is 4.66. The quantitative estimate of drug-likeness (QED) is 0.640. The second-order valence-corrected chi connectivity index (χ2v) is 5.30. The van der Waals surface area contributed by atoms with Crippen LogP contribution in [-0.4, -0.2) is 0 Å². The molecular weight excluding hydrogens is 361 g/mol. The van der Waals surface area contributed by atoms with Crippen LogP contribution in [0.4, 0.5) is 8.78 Å². The van der Waals surface area contributed by atoms with E-state index < -0.39 is 11.6 Å². The molecule has 0 bridgehead atoms. The fourth-order valence-electron chi connectivity index (χ4n) is 1.45. The van der Waals surface area contributed by atoms with Crippen LogP contribution in [-0.2, 0) is 6.61 Å². The zero-order chi connectivity index (χ0) is 14.0. The van der Waals surface area contributed by atoms with Crippen molar-refractivity contribution in [2.75, 3.05) is 0 Å². The summed E-state index contributed by atoms with van der Waals surface area (Å²) in [5.41, 5.74) is -0.176. The van der Waals surface area contributed by atoms with Crippen molar-refractivity contribution >= 4 is 39.1 Å². The highest BCUT2D eigenvalue weighted by molar-refractivity contribution is 9.10. The molecule has 100 valence electrons. The van der Waals surface area contributed by atoms with Crippen molar-refractivity contribution in [3.05, 3.63) is 62.0 Å². The van der Waals surface area contributed by atoms with Gasteiger partial charge in [-0.2, -0.15) is 0 Å². The maximum atomic E-state index is 13.7. The Morgan fingerprint density at radius 1 is 1.11 bits per heavy atom. The highest BCUT2D eigenvalue weighted by Crippen LogP contribution is 2.32. The molecule has 0 aromatic heterocycles. The lowest BCUT2D eigenvalue weighted by molar-refractivity contribution is 0.292. The van der Waals surface area contributed by atoms with Crippen molar-refractivity contribution in [3.8, 4) is 5.75 Å². The van der Waals surface area contributed by atoms with Crippen LogP contribution in [0.1, 0.15) is 5.56 Å². The Balaban J connectivity index is 2.24. The first kappa shape index (κ1) is 14.6. The molecule has 0 atom stereocenters. The molecule has 2 aromatic carbocycles. The summed E-state index contributed by atoms with van der Waals surface area (Å²) in [7, 11) is 0. The summed E-state index contributed by atoms with van der Waals surface area (Å²) in [6.45, 7) is -0.281. The van der Waals surface area contributed by atoms with Crippen LogP contribution in [0, 0.1) is 11.6 Å². The summed E-state index contributed by atoms with van der Waals surface area (Å²) in [6.07, 6.45) is 0. The van der Waals surface area contributed by atoms with Crippen LogP contribution in [0.15, 0.2) is 34.8 Å². The molecule has 0 N–H and O–H groups in total. The van der Waals surface area contributed by atoms with Crippen LogP contribution < -0.4 is 4.74 Å². The molecule has 6 heteroatoms. The topological polar surface area (TPSA) is 9.23 Å². The zero-order valence-corrected chi connectivity index (χ0v) is 12.5. The molecule has 0 radical (unpaired) electrons. The largest absolute Gasteiger partial charge is 0.487 e. The van der Waals surface area contributed by atoms with E-state index in [1.807, 2.05) is 0 Å². The van der Waals surface area contributed by atoms with Gasteiger partial charge in [0, 0.05) is 0 Å². The number of hydrogen-bond donors (Lipinski definition) is 0. The van der Waals surface area contributed by atoms with E-state index in [9.17, 15) is 8.78 Å². The Hall–Kier alpha value is -0.840. The van der Waals surface area contributed by atoms with Crippen molar-refractivity contribution in [3.63, 3.8) is 0 Å². The fourth-order valence-corrected chi connectivity index (χ4v) is 2.16. The third kappa shape index (κ3) is 3.19. The molecule has 0 saturated carbocycles. The Morgan fingerprint density at radius 2 is 1.84 bits per heavy atom. The summed E-state index contributed by atoms with van der Waals surface area (Å²) < 4.78 is 32.7. The van der Waals surface area contributed by atoms with Crippen LogP contribution in [0.2, 0.25) is 10.0 Å². The molecule has 0 spiro atoms. The Bertz CT molecular complexity index is 620. The lowest BCUT2D eigenvalue weighted by Gasteiger charge is -2.10. The van der Waals surface area contributed by atoms with E-state index in [0.29, 0.717) is 5.02 Å². The van der Waals surface area contributed by atoms with E-state index in [-0.39, 0.29) is 27.4 Å². The minimum absolute atomic E-state index is 0.171. The second-order valence-electron chi connectivity index (χ2n) is 3.66. The Labute approximate surface area is 127 Å². The van der Waals surface area contributed by atoms with Gasteiger partial charge in [-0.05, 0) is 40.2 Å². The summed E-state index contributed by atoms with van der Waals surface area (Å²) in [6, 6.07) is 7.25. The smallest absolute Gasteiger partial charge is 0.146 e. The molecular formula is C13H7BrCl2F2O. The number of benzene rings is 2. The van der Waals surface area contributed by atoms with E-state index >= 15 is 0 Å². The SMILES string of the molecule is Fc1ccc(Br)c(F)c1COc1cccc(Cl)c1Cl. The number of halogens is 5. The van der Waals surface area contributed by atoms with Crippen LogP contribution >= 0.6 is 39.1 Å². The molecule has 2 aromatic rings. The van der Waals surface area contributed by atoms with Crippen LogP contribution in [0.3, 0.4) is 0 Å². The summed E-state index contributed by atoms with van der Waals surface area (Å²) >= 11 is 14.7. The maximum Gasteiger partial charge on any atom is 0.146 e. The maximum absolute atomic E-state index is 13.7. The minimum Gasteiger partial charge on any atom is -0.487 e. The molecule has 0 amide bonds. The molecule has 0 aliphatic carbocycles. The second kappa shape index (κ2) is 6.07. The molecule has 0 fully saturated rings. The van der Waals surface area contributed by atoms with E-state index in [1.54, 1.807) is 18.2 Å². The van der Waals surface area contributed by atoms with Gasteiger partial charge in [0.15, 0.2) is 0 Å². The molecule has 0 unspecified atom stereocenters. The molecule has 0 saturated heterocycles. The van der Waals surface area contributed by atoms with E-state index in [4.69, 9.17) is 27.9 Å². The normalized spacial score (nSPS) is 10.6. The van der Waals surface area contributed by atoms with Gasteiger partial charge in [-0.1, -0.05) is 29.3 Å². The number of ether oxygens (including phenoxy) is 1. The average molecular weight is 368 g/mol. The van der Waals surface area contributed by atoms with Crippen LogP contribution in [0.25, 0.3) is 0 Å². The van der Waals surface area contributed by atoms with Gasteiger partial charge in [-0.15, -0.1) is 0 Å². The van der Waals surface area contributed by atoms with Crippen molar-refractivity contribution in [1.29, 1.82) is 0 Å². The van der Waals surface area contributed by atoms with Gasteiger partial charge < -0.3 is 4.74 Å². The number of rotatable bonds is 3. The summed E-state index contributed by atoms with van der Waals surface area (Å²) in [4.78, 5) is 0. The lowest BCUT2D eigenvalue weighted by Crippen LogP contribution is -2.03. The first-order chi connectivity index (χ1) is 9.00. The molecule has 0 aliphatic rings. The highest BCUT2D eigenvalue weighted by Gasteiger charge is 2.14. The monoisotopic (exact) mass is 366 g/mol. The van der Waals surface area contributed by atoms with Crippen molar-refractivity contribution in [2.45, 2.75) is 6.61 Å². The predicted octanol–water partition coefficient (Wildman–Crippen LogP) is 5.61. The van der Waals surface area contributed by atoms with Gasteiger partial charge in [0.25, 0.3) is 0 Å². The zero-order valence-electron chi connectivity index (χ0n) is 9.39. The first-order valence-electron chi connectivity index (χ1n) is 5.20. The summed E-state index contributed by atoms with van der Waals surface area (Å²) in [5, 5.41) is 0.523. The standard InChI is InChI=1S/C13H7BrCl2F2O/c14-8-4-5-10(17)7(13(8)18)6-19-11-3-1-2-9(15)12(11)16/h1-5H,6H2. The highest BCUT2D eigenvalue weighted by atomic mass is 79.9. The van der Waals surface area contributed by atoms with Gasteiger partial charge >= 0.3 is 0 Å². The summed E-state index contributed by atoms with van der Waals surface area (Å²) in [5.74, 6) is -1.11. The fraction of sp³-hybridized carbons (Fsp3) is 0.0769. The van der Waals surface area contributed by atoms with Crippen molar-refractivity contribution in [2.24, 2.45) is 0 Å². The van der Waals surface area contributed by atoms with Gasteiger partial charge in [-0.3, -0.25) is 0 Å². The predicted molar refractivity (Wildman–Crippen MR) is 74.9 cm³/mol. The van der Waals surface area contributed by atoms with Crippen molar-refractivity contribution in [1.82, 2.24) is 0 Å². The molecule has 19 heavy (non-hydrogen) atoms. The Morgan fingerprint density at radius 3 is 2.58 bits per heavy atom. The van der Waals surface area contributed by atoms with Gasteiger partial charge in [0.1, 0.15) is 29.0 Å². The average Bonchev–Trinajstić information content (AvgIpc) is 2.39. The lowest BCUT2D eigenvalue weighted by atomic mass is 10.2. The molecule has 1 nitrogen and oxygen atoms in total. The van der Waals surface area contributed by atoms with Gasteiger partial charge in [-0.25, -0.2) is 8.78 Å². The van der Waals surface area contributed by atoms with E-state index in [2.05, 4.69) is 15.9 Å². The molecule has 2 rings (SSSR count). The van der Waals surface area contributed by atoms with E-state index in [0.717, 1.165) is 6.07 Å². The first-order valence-corrected chi connectivity index (χ1v) is 6.74. The van der Waals surface area contributed by atoms with Gasteiger partial charge in [0.05, 0.1) is 15.1 Å². The van der Waals surface area contributed by atoms with E-state index in [1.165, 1.54) is 6.07 Å². The molecule has 0 heterocycles. The van der Waals surface area contributed by atoms with Crippen molar-refractivity contribution < 1.29 is 13.5 Å². The van der Waals surface area contributed by atoms with Gasteiger partial charge in [0.2, 0.25) is 0 Å². The number of hydrogen-bond acceptors (Lipinski definition) is 1. The third-order valence-corrected chi connectivity index (χ3v) is 3.84. The minimum atomic E-state index is -0.696. The van der Waals surface area contributed by atoms with Crippen LogP contribution in [0.5, 0.6) is 5.75 Å². The molecule has 0 aliphatic heterocycles. The third-order valence-electron chi connectivity index (χ3n) is 2.43.